The molecule has 0 amide bonds. The number of cyclic esters (lactones) is 1. The molecular weight excluding hydrogens is 564 g/mol. The third-order valence-corrected chi connectivity index (χ3v) is 9.50. The van der Waals surface area contributed by atoms with Crippen LogP contribution in [-0.4, -0.2) is 83.0 Å². The van der Waals surface area contributed by atoms with Gasteiger partial charge in [-0.25, -0.2) is 4.79 Å². The summed E-state index contributed by atoms with van der Waals surface area (Å²) in [4.78, 5) is 13.5. The lowest BCUT2D eigenvalue weighted by Gasteiger charge is -2.49. The zero-order valence-electron chi connectivity index (χ0n) is 28.6. The summed E-state index contributed by atoms with van der Waals surface area (Å²) < 4.78 is 23.4. The van der Waals surface area contributed by atoms with E-state index in [0.29, 0.717) is 6.42 Å². The van der Waals surface area contributed by atoms with Gasteiger partial charge in [0, 0.05) is 37.2 Å². The number of methoxy groups -OCH3 is 2. The highest BCUT2D eigenvalue weighted by atomic mass is 16.6. The van der Waals surface area contributed by atoms with Crippen LogP contribution in [-0.2, 0) is 23.7 Å². The summed E-state index contributed by atoms with van der Waals surface area (Å²) in [5.41, 5.74) is 1.78. The Hall–Kier alpha value is -2.01. The van der Waals surface area contributed by atoms with Crippen LogP contribution in [0, 0.1) is 35.5 Å². The van der Waals surface area contributed by atoms with Crippen LogP contribution in [0.1, 0.15) is 75.2 Å². The fraction of sp³-hybridized carbons (Fsp3) is 0.743. The van der Waals surface area contributed by atoms with Crippen molar-refractivity contribution in [2.24, 2.45) is 35.5 Å². The Morgan fingerprint density at radius 3 is 2.25 bits per heavy atom. The number of esters is 1. The molecule has 2 aliphatic rings. The van der Waals surface area contributed by atoms with Crippen molar-refractivity contribution in [1.29, 1.82) is 0 Å². The Kier molecular flexibility index (Phi) is 14.3. The normalized spacial score (nSPS) is 41.2. The standard InChI is InChI=1S/C35H58O9/c1-19(2)32-24(7)27(36)18-35(40,44-32)26(9)31(38)25(8)33-28(41-10)14-12-13-20(3)15-22(5)30(37)23(6)16-21(4)17-29(42-11)34(39)43-33/h12-14,16-17,19,22-28,30-33,36-38,40H,15,18H2,1-11H3/b14-12+,20-13-,21-16+,29-17-/t22-,23+,24-,25-,26+,27+,28+,30-,31+,32-,33+,35+/m1/s1. The first-order chi connectivity index (χ1) is 20.5. The molecule has 0 radical (unpaired) electrons. The van der Waals surface area contributed by atoms with E-state index in [2.05, 4.69) is 0 Å². The van der Waals surface area contributed by atoms with Crippen LogP contribution in [0.4, 0.5) is 0 Å². The predicted octanol–water partition coefficient (Wildman–Crippen LogP) is 4.69. The van der Waals surface area contributed by atoms with E-state index < -0.39 is 60.2 Å². The van der Waals surface area contributed by atoms with Crippen molar-refractivity contribution in [3.8, 4) is 0 Å². The minimum atomic E-state index is -1.80. The van der Waals surface area contributed by atoms with E-state index >= 15 is 0 Å². The highest BCUT2D eigenvalue weighted by Gasteiger charge is 2.51. The van der Waals surface area contributed by atoms with Crippen LogP contribution in [0.15, 0.2) is 47.3 Å². The van der Waals surface area contributed by atoms with Crippen LogP contribution < -0.4 is 0 Å². The van der Waals surface area contributed by atoms with Gasteiger partial charge in [-0.15, -0.1) is 0 Å². The summed E-state index contributed by atoms with van der Waals surface area (Å²) in [6, 6.07) is 0. The van der Waals surface area contributed by atoms with Crippen LogP contribution in [0.3, 0.4) is 0 Å². The van der Waals surface area contributed by atoms with E-state index in [1.54, 1.807) is 26.0 Å². The van der Waals surface area contributed by atoms with Crippen LogP contribution in [0.5, 0.6) is 0 Å². The molecular formula is C35H58O9. The first-order valence-corrected chi connectivity index (χ1v) is 15.9. The van der Waals surface area contributed by atoms with Crippen molar-refractivity contribution in [1.82, 2.24) is 0 Å². The van der Waals surface area contributed by atoms with Crippen molar-refractivity contribution in [3.05, 3.63) is 47.3 Å². The first kappa shape index (κ1) is 38.2. The fourth-order valence-corrected chi connectivity index (χ4v) is 6.54. The van der Waals surface area contributed by atoms with Gasteiger partial charge in [-0.3, -0.25) is 0 Å². The van der Waals surface area contributed by atoms with Gasteiger partial charge < -0.3 is 39.4 Å². The molecule has 4 N–H and O–H groups in total. The molecule has 0 unspecified atom stereocenters. The van der Waals surface area contributed by atoms with Gasteiger partial charge in [-0.05, 0) is 38.2 Å². The minimum Gasteiger partial charge on any atom is -0.490 e. The van der Waals surface area contributed by atoms with E-state index in [1.165, 1.54) is 14.2 Å². The maximum absolute atomic E-state index is 13.5. The zero-order chi connectivity index (χ0) is 33.5. The van der Waals surface area contributed by atoms with E-state index in [-0.39, 0.29) is 35.9 Å². The van der Waals surface area contributed by atoms with Crippen LogP contribution >= 0.6 is 0 Å². The number of ether oxygens (including phenoxy) is 4. The van der Waals surface area contributed by atoms with Gasteiger partial charge in [0.2, 0.25) is 5.76 Å². The third kappa shape index (κ3) is 9.50. The number of aliphatic hydroxyl groups is 4. The molecule has 2 aliphatic heterocycles. The van der Waals surface area contributed by atoms with Crippen LogP contribution in [0.2, 0.25) is 0 Å². The summed E-state index contributed by atoms with van der Waals surface area (Å²) in [6.45, 7) is 17.0. The van der Waals surface area contributed by atoms with Gasteiger partial charge in [-0.2, -0.15) is 0 Å². The predicted molar refractivity (Wildman–Crippen MR) is 170 cm³/mol. The van der Waals surface area contributed by atoms with Crippen molar-refractivity contribution < 1.29 is 44.2 Å². The second-order valence-electron chi connectivity index (χ2n) is 13.6. The molecule has 2 heterocycles. The maximum atomic E-state index is 13.5. The summed E-state index contributed by atoms with van der Waals surface area (Å²) in [5, 5.41) is 45.0. The van der Waals surface area contributed by atoms with Gasteiger partial charge in [0.25, 0.3) is 0 Å². The zero-order valence-corrected chi connectivity index (χ0v) is 28.6. The van der Waals surface area contributed by atoms with E-state index in [4.69, 9.17) is 18.9 Å². The quantitative estimate of drug-likeness (QED) is 0.298. The van der Waals surface area contributed by atoms with Crippen molar-refractivity contribution >= 4 is 5.97 Å². The topological polar surface area (TPSA) is 135 Å². The monoisotopic (exact) mass is 622 g/mol. The van der Waals surface area contributed by atoms with E-state index in [1.807, 2.05) is 66.7 Å². The number of aliphatic hydroxyl groups excluding tert-OH is 3. The third-order valence-electron chi connectivity index (χ3n) is 9.50. The largest absolute Gasteiger partial charge is 0.490 e. The highest BCUT2D eigenvalue weighted by Crippen LogP contribution is 2.41. The number of rotatable bonds is 7. The van der Waals surface area contributed by atoms with Gasteiger partial charge in [0.1, 0.15) is 12.2 Å². The number of hydrogen-bond acceptors (Lipinski definition) is 9. The Labute approximate surface area is 264 Å². The average Bonchev–Trinajstić information content (AvgIpc) is 2.96. The molecule has 1 fully saturated rings. The molecule has 9 heteroatoms. The molecule has 0 aromatic rings. The second-order valence-corrected chi connectivity index (χ2v) is 13.6. The molecule has 0 bridgehead atoms. The van der Waals surface area contributed by atoms with Crippen molar-refractivity contribution in [2.75, 3.05) is 14.2 Å². The number of hydrogen-bond donors (Lipinski definition) is 4. The molecule has 2 rings (SSSR count). The second kappa shape index (κ2) is 16.5. The summed E-state index contributed by atoms with van der Waals surface area (Å²) in [7, 11) is 2.87. The van der Waals surface area contributed by atoms with Crippen molar-refractivity contribution in [3.63, 3.8) is 0 Å². The molecule has 0 aromatic heterocycles. The molecule has 9 nitrogen and oxygen atoms in total. The van der Waals surface area contributed by atoms with Gasteiger partial charge >= 0.3 is 5.97 Å². The minimum absolute atomic E-state index is 0.00492. The summed E-state index contributed by atoms with van der Waals surface area (Å²) in [5.74, 6) is -4.49. The molecule has 12 atom stereocenters. The summed E-state index contributed by atoms with van der Waals surface area (Å²) in [6.07, 6.45) is 4.85. The Morgan fingerprint density at radius 1 is 1.05 bits per heavy atom. The molecule has 0 aromatic carbocycles. The van der Waals surface area contributed by atoms with Gasteiger partial charge in [0.05, 0.1) is 31.5 Å². The average molecular weight is 623 g/mol. The SMILES string of the molecule is CO/C1=C\C(C)=C\[C@H](C)[C@H](O)[C@H](C)C/C(C)=C\C=C\[C@H](OC)[C@H]([C@H](C)[C@H](O)[C@H](C)[C@]2(O)C[C@H](O)[C@@H](C)[C@@H](C(C)C)O2)OC1=O. The van der Waals surface area contributed by atoms with Gasteiger partial charge in [0.15, 0.2) is 5.79 Å². The molecule has 0 spiro atoms. The molecule has 252 valence electrons. The molecule has 44 heavy (non-hydrogen) atoms. The Morgan fingerprint density at radius 2 is 1.68 bits per heavy atom. The highest BCUT2D eigenvalue weighted by molar-refractivity contribution is 5.87. The lowest BCUT2D eigenvalue weighted by atomic mass is 9.76. The number of carbonyl (C=O) groups excluding carboxylic acids is 1. The van der Waals surface area contributed by atoms with Crippen LogP contribution in [0.25, 0.3) is 0 Å². The number of allylic oxidation sites excluding steroid dienone is 5. The molecule has 0 saturated carbocycles. The van der Waals surface area contributed by atoms with Gasteiger partial charge in [-0.1, -0.05) is 83.9 Å². The first-order valence-electron chi connectivity index (χ1n) is 15.9. The smallest absolute Gasteiger partial charge is 0.373 e. The fourth-order valence-electron chi connectivity index (χ4n) is 6.54. The lowest BCUT2D eigenvalue weighted by Crippen LogP contribution is -2.59. The van der Waals surface area contributed by atoms with E-state index in [0.717, 1.165) is 11.1 Å². The maximum Gasteiger partial charge on any atom is 0.373 e. The Bertz CT molecular complexity index is 1060. The van der Waals surface area contributed by atoms with Crippen molar-refractivity contribution in [2.45, 2.75) is 118 Å². The lowest BCUT2D eigenvalue weighted by molar-refractivity contribution is -0.328. The van der Waals surface area contributed by atoms with E-state index in [9.17, 15) is 25.2 Å². The molecule has 1 saturated heterocycles. The summed E-state index contributed by atoms with van der Waals surface area (Å²) >= 11 is 0. The molecule has 0 aliphatic carbocycles. The number of carbonyl (C=O) groups is 1. The Balaban J connectivity index is 2.52.